The molecule has 1 N–H and O–H groups in total. The molecule has 0 aliphatic carbocycles. The van der Waals surface area contributed by atoms with E-state index in [1.165, 1.54) is 12.1 Å². The van der Waals surface area contributed by atoms with Gasteiger partial charge in [0, 0.05) is 29.3 Å². The number of fused-ring (bicyclic) bond motifs is 1. The molecule has 9 heteroatoms. The standard InChI is InChI=1S/C15H12ClN3O4S/c16-11-3-1-10(2-4-11)7-8-17-15-13-6-5-12(19(20)21)9-14(13)24(22,23)18-15/h1-6,9H,7-8H2,(H,17,18). The molecule has 0 aromatic heterocycles. The number of aliphatic imine (C=N–C) groups is 1. The van der Waals surface area contributed by atoms with E-state index in [2.05, 4.69) is 9.71 Å². The molecule has 0 unspecified atom stereocenters. The van der Waals surface area contributed by atoms with E-state index in [4.69, 9.17) is 11.6 Å². The summed E-state index contributed by atoms with van der Waals surface area (Å²) in [5, 5.41) is 11.4. The van der Waals surface area contributed by atoms with Crippen LogP contribution in [-0.4, -0.2) is 25.7 Å². The maximum Gasteiger partial charge on any atom is 0.270 e. The van der Waals surface area contributed by atoms with Crippen molar-refractivity contribution in [2.75, 3.05) is 6.54 Å². The third-order valence-electron chi connectivity index (χ3n) is 3.54. The summed E-state index contributed by atoms with van der Waals surface area (Å²) in [6.45, 7) is 0.371. The molecule has 1 aliphatic heterocycles. The minimum absolute atomic E-state index is 0.123. The predicted octanol–water partition coefficient (Wildman–Crippen LogP) is 2.53. The van der Waals surface area contributed by atoms with Crippen LogP contribution in [0.25, 0.3) is 0 Å². The molecule has 0 atom stereocenters. The third kappa shape index (κ3) is 3.24. The van der Waals surface area contributed by atoms with E-state index in [1.54, 1.807) is 12.1 Å². The van der Waals surface area contributed by atoms with Gasteiger partial charge in [-0.3, -0.25) is 19.8 Å². The van der Waals surface area contributed by atoms with Crippen molar-refractivity contribution in [3.8, 4) is 0 Å². The van der Waals surface area contributed by atoms with Gasteiger partial charge >= 0.3 is 0 Å². The number of nitro groups is 1. The summed E-state index contributed by atoms with van der Waals surface area (Å²) >= 11 is 5.82. The highest BCUT2D eigenvalue weighted by atomic mass is 35.5. The average Bonchev–Trinajstić information content (AvgIpc) is 2.80. The molecule has 7 nitrogen and oxygen atoms in total. The molecule has 0 radical (unpaired) electrons. The Balaban J connectivity index is 1.83. The highest BCUT2D eigenvalue weighted by Crippen LogP contribution is 2.27. The quantitative estimate of drug-likeness (QED) is 0.664. The summed E-state index contributed by atoms with van der Waals surface area (Å²) in [4.78, 5) is 14.3. The summed E-state index contributed by atoms with van der Waals surface area (Å²) < 4.78 is 26.5. The Bertz CT molecular complexity index is 940. The van der Waals surface area contributed by atoms with Gasteiger partial charge in [0.1, 0.15) is 10.7 Å². The normalized spacial score (nSPS) is 16.6. The lowest BCUT2D eigenvalue weighted by Gasteiger charge is -2.01. The van der Waals surface area contributed by atoms with Gasteiger partial charge in [-0.05, 0) is 30.2 Å². The van der Waals surface area contributed by atoms with Crippen LogP contribution in [0.1, 0.15) is 11.1 Å². The lowest BCUT2D eigenvalue weighted by atomic mass is 10.1. The van der Waals surface area contributed by atoms with E-state index < -0.39 is 14.9 Å². The largest absolute Gasteiger partial charge is 0.270 e. The number of non-ortho nitro benzene ring substituents is 1. The number of sulfonamides is 1. The number of hydrogen-bond donors (Lipinski definition) is 1. The van der Waals surface area contributed by atoms with Crippen molar-refractivity contribution in [1.29, 1.82) is 0 Å². The Morgan fingerprint density at radius 3 is 2.54 bits per heavy atom. The Hall–Kier alpha value is -2.45. The fourth-order valence-corrected chi connectivity index (χ4v) is 3.74. The zero-order valence-electron chi connectivity index (χ0n) is 12.3. The van der Waals surface area contributed by atoms with E-state index in [9.17, 15) is 18.5 Å². The number of hydrogen-bond acceptors (Lipinski definition) is 5. The Morgan fingerprint density at radius 1 is 1.17 bits per heavy atom. The molecule has 0 fully saturated rings. The summed E-state index contributed by atoms with van der Waals surface area (Å²) in [5.74, 6) is 0.203. The zero-order valence-corrected chi connectivity index (χ0v) is 13.8. The first-order valence-electron chi connectivity index (χ1n) is 6.97. The van der Waals surface area contributed by atoms with Crippen molar-refractivity contribution < 1.29 is 13.3 Å². The van der Waals surface area contributed by atoms with E-state index >= 15 is 0 Å². The third-order valence-corrected chi connectivity index (χ3v) is 5.17. The van der Waals surface area contributed by atoms with E-state index in [0.717, 1.165) is 11.6 Å². The Kier molecular flexibility index (Phi) is 4.25. The first-order chi connectivity index (χ1) is 11.4. The van der Waals surface area contributed by atoms with Gasteiger partial charge in [-0.25, -0.2) is 8.42 Å². The van der Waals surface area contributed by atoms with Gasteiger partial charge in [0.05, 0.1) is 4.92 Å². The van der Waals surface area contributed by atoms with Gasteiger partial charge in [0.2, 0.25) is 0 Å². The van der Waals surface area contributed by atoms with E-state index in [0.29, 0.717) is 23.6 Å². The Morgan fingerprint density at radius 2 is 1.88 bits per heavy atom. The van der Waals surface area contributed by atoms with Gasteiger partial charge < -0.3 is 0 Å². The molecular weight excluding hydrogens is 354 g/mol. The van der Waals surface area contributed by atoms with Crippen molar-refractivity contribution in [3.05, 3.63) is 68.7 Å². The molecule has 0 saturated carbocycles. The fraction of sp³-hybridized carbons (Fsp3) is 0.133. The second-order valence-corrected chi connectivity index (χ2v) is 7.24. The highest BCUT2D eigenvalue weighted by molar-refractivity contribution is 7.90. The van der Waals surface area contributed by atoms with Gasteiger partial charge in [-0.2, -0.15) is 0 Å². The second-order valence-electron chi connectivity index (χ2n) is 5.15. The lowest BCUT2D eigenvalue weighted by Crippen LogP contribution is -2.22. The number of nitro benzene ring substituents is 1. The number of nitrogens with one attached hydrogen (secondary N) is 1. The van der Waals surface area contributed by atoms with Crippen LogP contribution in [0.2, 0.25) is 5.02 Å². The van der Waals surface area contributed by atoms with Crippen molar-refractivity contribution in [2.24, 2.45) is 4.99 Å². The maximum atomic E-state index is 12.1. The molecule has 3 rings (SSSR count). The number of amidine groups is 1. The predicted molar refractivity (Wildman–Crippen MR) is 90.0 cm³/mol. The summed E-state index contributed by atoms with van der Waals surface area (Å²) in [6.07, 6.45) is 0.616. The number of rotatable bonds is 4. The molecule has 0 saturated heterocycles. The SMILES string of the molecule is O=[N+]([O-])c1ccc2c(c1)S(=O)(=O)NC2=NCCc1ccc(Cl)cc1. The topological polar surface area (TPSA) is 102 Å². The van der Waals surface area contributed by atoms with Crippen LogP contribution >= 0.6 is 11.6 Å². The number of benzene rings is 2. The molecule has 1 aliphatic rings. The smallest absolute Gasteiger partial charge is 0.267 e. The molecule has 2 aromatic carbocycles. The first-order valence-corrected chi connectivity index (χ1v) is 8.83. The molecule has 0 bridgehead atoms. The van der Waals surface area contributed by atoms with E-state index in [-0.39, 0.29) is 16.4 Å². The van der Waals surface area contributed by atoms with Crippen molar-refractivity contribution in [3.63, 3.8) is 0 Å². The lowest BCUT2D eigenvalue weighted by molar-refractivity contribution is -0.385. The van der Waals surface area contributed by atoms with Crippen LogP contribution in [0.3, 0.4) is 0 Å². The maximum absolute atomic E-state index is 12.1. The monoisotopic (exact) mass is 365 g/mol. The van der Waals surface area contributed by atoms with Gasteiger partial charge in [0.25, 0.3) is 15.7 Å². The molecule has 24 heavy (non-hydrogen) atoms. The number of halogens is 1. The van der Waals surface area contributed by atoms with Crippen LogP contribution in [-0.2, 0) is 16.4 Å². The van der Waals surface area contributed by atoms with Gasteiger partial charge in [-0.15, -0.1) is 0 Å². The zero-order chi connectivity index (χ0) is 17.3. The van der Waals surface area contributed by atoms with Crippen molar-refractivity contribution >= 4 is 33.1 Å². The number of nitrogens with zero attached hydrogens (tertiary/aromatic N) is 2. The van der Waals surface area contributed by atoms with Gasteiger partial charge in [-0.1, -0.05) is 23.7 Å². The molecule has 2 aromatic rings. The summed E-state index contributed by atoms with van der Waals surface area (Å²) in [6, 6.07) is 11.0. The van der Waals surface area contributed by atoms with E-state index in [1.807, 2.05) is 12.1 Å². The minimum Gasteiger partial charge on any atom is -0.267 e. The Labute approximate surface area is 143 Å². The van der Waals surface area contributed by atoms with Crippen LogP contribution in [0.15, 0.2) is 52.4 Å². The van der Waals surface area contributed by atoms with Crippen LogP contribution in [0.5, 0.6) is 0 Å². The van der Waals surface area contributed by atoms with Crippen molar-refractivity contribution in [1.82, 2.24) is 4.72 Å². The van der Waals surface area contributed by atoms with Crippen LogP contribution in [0, 0.1) is 10.1 Å². The van der Waals surface area contributed by atoms with Crippen LogP contribution in [0.4, 0.5) is 5.69 Å². The minimum atomic E-state index is -3.81. The van der Waals surface area contributed by atoms with Gasteiger partial charge in [0.15, 0.2) is 0 Å². The first kappa shape index (κ1) is 16.4. The summed E-state index contributed by atoms with van der Waals surface area (Å²) in [7, 11) is -3.81. The molecule has 1 heterocycles. The van der Waals surface area contributed by atoms with Crippen LogP contribution < -0.4 is 4.72 Å². The highest BCUT2D eigenvalue weighted by Gasteiger charge is 2.32. The molecule has 0 spiro atoms. The second kappa shape index (κ2) is 6.21. The fourth-order valence-electron chi connectivity index (χ4n) is 2.35. The molecular formula is C15H12ClN3O4S. The molecule has 124 valence electrons. The summed E-state index contributed by atoms with van der Waals surface area (Å²) in [5.41, 5.74) is 1.09. The van der Waals surface area contributed by atoms with Crippen molar-refractivity contribution in [2.45, 2.75) is 11.3 Å². The molecule has 0 amide bonds. The average molecular weight is 366 g/mol.